The van der Waals surface area contributed by atoms with Crippen LogP contribution < -0.4 is 4.90 Å². The molecule has 0 saturated heterocycles. The van der Waals surface area contributed by atoms with Crippen LogP contribution in [0.2, 0.25) is 0 Å². The lowest BCUT2D eigenvalue weighted by atomic mass is 9.49. The second-order valence-electron chi connectivity index (χ2n) is 7.58. The number of carbonyl (C=O) groups excluding carboxylic acids is 1. The number of carbonyl (C=O) groups is 1. The Morgan fingerprint density at radius 1 is 1.05 bits per heavy atom. The van der Waals surface area contributed by atoms with E-state index in [1.165, 1.54) is 19.3 Å². The van der Waals surface area contributed by atoms with Crippen molar-refractivity contribution in [2.24, 2.45) is 23.2 Å². The van der Waals surface area contributed by atoms with Gasteiger partial charge >= 0.3 is 0 Å². The summed E-state index contributed by atoms with van der Waals surface area (Å²) in [6, 6.07) is 10.2. The Kier molecular flexibility index (Phi) is 3.09. The van der Waals surface area contributed by atoms with Gasteiger partial charge < -0.3 is 4.90 Å². The minimum Gasteiger partial charge on any atom is -0.312 e. The lowest BCUT2D eigenvalue weighted by molar-refractivity contribution is -0.143. The third-order valence-electron chi connectivity index (χ3n) is 6.12. The van der Waals surface area contributed by atoms with Crippen molar-refractivity contribution in [2.45, 2.75) is 45.4 Å². The molecule has 4 fully saturated rings. The topological polar surface area (TPSA) is 20.3 Å². The van der Waals surface area contributed by atoms with E-state index in [9.17, 15) is 4.79 Å². The molecule has 2 heteroatoms. The number of para-hydroxylation sites is 1. The van der Waals surface area contributed by atoms with Crippen LogP contribution in [0.15, 0.2) is 30.3 Å². The Morgan fingerprint density at radius 3 is 2.05 bits per heavy atom. The van der Waals surface area contributed by atoms with Gasteiger partial charge in [0.1, 0.15) is 0 Å². The molecule has 4 aliphatic rings. The summed E-state index contributed by atoms with van der Waals surface area (Å²) in [7, 11) is 0. The maximum absolute atomic E-state index is 13.4. The molecule has 0 N–H and O–H groups in total. The van der Waals surface area contributed by atoms with Crippen LogP contribution in [0, 0.1) is 23.2 Å². The molecule has 4 aliphatic carbocycles. The fourth-order valence-electron chi connectivity index (χ4n) is 5.71. The Hall–Kier alpha value is -1.31. The second-order valence-corrected chi connectivity index (χ2v) is 7.58. The Morgan fingerprint density at radius 2 is 1.57 bits per heavy atom. The van der Waals surface area contributed by atoms with E-state index in [-0.39, 0.29) is 5.41 Å². The maximum Gasteiger partial charge on any atom is 0.233 e. The van der Waals surface area contributed by atoms with Gasteiger partial charge in [-0.15, -0.1) is 0 Å². The van der Waals surface area contributed by atoms with Gasteiger partial charge in [0.2, 0.25) is 5.91 Å². The summed E-state index contributed by atoms with van der Waals surface area (Å²) in [6.45, 7) is 2.88. The van der Waals surface area contributed by atoms with Crippen molar-refractivity contribution < 1.29 is 4.79 Å². The van der Waals surface area contributed by atoms with Crippen molar-refractivity contribution in [3.8, 4) is 0 Å². The fourth-order valence-corrected chi connectivity index (χ4v) is 5.71. The summed E-state index contributed by atoms with van der Waals surface area (Å²) in [5.41, 5.74) is 1.04. The molecular weight excluding hydrogens is 258 g/mol. The number of anilines is 1. The molecule has 21 heavy (non-hydrogen) atoms. The standard InChI is InChI=1S/C19H25NO/c1-2-20(17-6-4-3-5-7-17)18(21)19-11-14-8-15(12-19)10-16(9-14)13-19/h3-7,14-16H,2,8-13H2,1H3. The summed E-state index contributed by atoms with van der Waals surface area (Å²) in [5.74, 6) is 2.90. The first-order chi connectivity index (χ1) is 10.2. The zero-order chi connectivity index (χ0) is 14.4. The molecule has 0 aliphatic heterocycles. The molecule has 0 unspecified atom stereocenters. The average Bonchev–Trinajstić information content (AvgIpc) is 2.47. The number of nitrogens with zero attached hydrogens (tertiary/aromatic N) is 1. The van der Waals surface area contributed by atoms with Crippen LogP contribution in [0.5, 0.6) is 0 Å². The van der Waals surface area contributed by atoms with Gasteiger partial charge in [0.25, 0.3) is 0 Å². The highest BCUT2D eigenvalue weighted by Gasteiger charge is 2.55. The molecule has 4 bridgehead atoms. The molecule has 0 radical (unpaired) electrons. The van der Waals surface area contributed by atoms with Gasteiger partial charge in [-0.1, -0.05) is 18.2 Å². The van der Waals surface area contributed by atoms with E-state index in [0.717, 1.165) is 49.2 Å². The van der Waals surface area contributed by atoms with Crippen LogP contribution in [0.1, 0.15) is 45.4 Å². The van der Waals surface area contributed by atoms with E-state index >= 15 is 0 Å². The SMILES string of the molecule is CCN(C(=O)C12CC3CC(CC(C3)C1)C2)c1ccccc1. The van der Waals surface area contributed by atoms with Gasteiger partial charge in [-0.2, -0.15) is 0 Å². The summed E-state index contributed by atoms with van der Waals surface area (Å²) in [6.07, 6.45) is 7.64. The molecule has 5 rings (SSSR count). The van der Waals surface area contributed by atoms with Gasteiger partial charge in [0, 0.05) is 12.2 Å². The molecule has 1 aromatic carbocycles. The van der Waals surface area contributed by atoms with Crippen LogP contribution in [-0.2, 0) is 4.79 Å². The highest BCUT2D eigenvalue weighted by Crippen LogP contribution is 2.60. The number of amides is 1. The lowest BCUT2D eigenvalue weighted by Gasteiger charge is -2.56. The predicted molar refractivity (Wildman–Crippen MR) is 85.1 cm³/mol. The van der Waals surface area contributed by atoms with Crippen LogP contribution in [-0.4, -0.2) is 12.5 Å². The molecule has 0 aromatic heterocycles. The van der Waals surface area contributed by atoms with E-state index in [4.69, 9.17) is 0 Å². The number of rotatable bonds is 3. The first-order valence-electron chi connectivity index (χ1n) is 8.57. The van der Waals surface area contributed by atoms with E-state index < -0.39 is 0 Å². The Bertz CT molecular complexity index is 500. The van der Waals surface area contributed by atoms with E-state index in [0.29, 0.717) is 5.91 Å². The number of benzene rings is 1. The summed E-state index contributed by atoms with van der Waals surface area (Å²) < 4.78 is 0. The minimum atomic E-state index is -0.0272. The first kappa shape index (κ1) is 13.4. The van der Waals surface area contributed by atoms with Gasteiger partial charge in [0.05, 0.1) is 5.41 Å². The molecule has 4 saturated carbocycles. The smallest absolute Gasteiger partial charge is 0.233 e. The fraction of sp³-hybridized carbons (Fsp3) is 0.632. The van der Waals surface area contributed by atoms with Crippen molar-refractivity contribution in [3.05, 3.63) is 30.3 Å². The zero-order valence-corrected chi connectivity index (χ0v) is 12.9. The molecule has 0 heterocycles. The first-order valence-corrected chi connectivity index (χ1v) is 8.57. The van der Waals surface area contributed by atoms with Gasteiger partial charge in [0.15, 0.2) is 0 Å². The molecule has 1 amide bonds. The van der Waals surface area contributed by atoms with Crippen molar-refractivity contribution in [1.82, 2.24) is 0 Å². The van der Waals surface area contributed by atoms with Gasteiger partial charge in [-0.05, 0) is 75.3 Å². The largest absolute Gasteiger partial charge is 0.312 e. The Labute approximate surface area is 127 Å². The summed E-state index contributed by atoms with van der Waals surface area (Å²) in [4.78, 5) is 15.4. The molecule has 112 valence electrons. The monoisotopic (exact) mass is 283 g/mol. The van der Waals surface area contributed by atoms with Crippen molar-refractivity contribution in [3.63, 3.8) is 0 Å². The molecule has 2 nitrogen and oxygen atoms in total. The van der Waals surface area contributed by atoms with Crippen LogP contribution in [0.3, 0.4) is 0 Å². The predicted octanol–water partition coefficient (Wildman–Crippen LogP) is 4.26. The van der Waals surface area contributed by atoms with Crippen LogP contribution >= 0.6 is 0 Å². The van der Waals surface area contributed by atoms with Crippen LogP contribution in [0.25, 0.3) is 0 Å². The van der Waals surface area contributed by atoms with E-state index in [2.05, 4.69) is 19.1 Å². The summed E-state index contributed by atoms with van der Waals surface area (Å²) in [5, 5.41) is 0. The highest BCUT2D eigenvalue weighted by molar-refractivity contribution is 5.97. The van der Waals surface area contributed by atoms with Gasteiger partial charge in [-0.25, -0.2) is 0 Å². The highest BCUT2D eigenvalue weighted by atomic mass is 16.2. The minimum absolute atomic E-state index is 0.0272. The van der Waals surface area contributed by atoms with Crippen LogP contribution in [0.4, 0.5) is 5.69 Å². The van der Waals surface area contributed by atoms with E-state index in [1.54, 1.807) is 0 Å². The molecule has 0 spiro atoms. The van der Waals surface area contributed by atoms with Crippen molar-refractivity contribution in [2.75, 3.05) is 11.4 Å². The maximum atomic E-state index is 13.4. The average molecular weight is 283 g/mol. The van der Waals surface area contributed by atoms with Gasteiger partial charge in [-0.3, -0.25) is 4.79 Å². The number of hydrogen-bond donors (Lipinski definition) is 0. The van der Waals surface area contributed by atoms with Crippen molar-refractivity contribution >= 4 is 11.6 Å². The zero-order valence-electron chi connectivity index (χ0n) is 12.9. The molecule has 1 aromatic rings. The molecule has 0 atom stereocenters. The number of hydrogen-bond acceptors (Lipinski definition) is 1. The second kappa shape index (κ2) is 4.86. The summed E-state index contributed by atoms with van der Waals surface area (Å²) >= 11 is 0. The normalized spacial score (nSPS) is 36.7. The van der Waals surface area contributed by atoms with Crippen molar-refractivity contribution in [1.29, 1.82) is 0 Å². The molecular formula is C19H25NO. The Balaban J connectivity index is 1.64. The lowest BCUT2D eigenvalue weighted by Crippen LogP contribution is -2.54. The third-order valence-corrected chi connectivity index (χ3v) is 6.12. The quantitative estimate of drug-likeness (QED) is 0.812. The third kappa shape index (κ3) is 2.11. The van der Waals surface area contributed by atoms with E-state index in [1.807, 2.05) is 23.1 Å².